The molecule has 3 N–H and O–H groups in total. The lowest BCUT2D eigenvalue weighted by atomic mass is 9.94. The van der Waals surface area contributed by atoms with Gasteiger partial charge in [-0.2, -0.15) is 0 Å². The molecular weight excluding hydrogens is 413 g/mol. The van der Waals surface area contributed by atoms with Crippen LogP contribution in [-0.2, 0) is 6.54 Å². The number of aliphatic hydroxyl groups is 1. The number of hydrogen-bond acceptors (Lipinski definition) is 2. The van der Waals surface area contributed by atoms with Gasteiger partial charge in [0.25, 0.3) is 0 Å². The maximum Gasteiger partial charge on any atom is 0.191 e. The summed E-state index contributed by atoms with van der Waals surface area (Å²) in [6.45, 7) is 11.2. The number of guanidine groups is 1. The van der Waals surface area contributed by atoms with Crippen molar-refractivity contribution in [3.8, 4) is 0 Å². The van der Waals surface area contributed by atoms with Crippen LogP contribution in [0, 0.1) is 18.8 Å². The molecule has 138 valence electrons. The highest BCUT2D eigenvalue weighted by molar-refractivity contribution is 14.0. The van der Waals surface area contributed by atoms with Crippen molar-refractivity contribution in [3.05, 3.63) is 35.4 Å². The van der Waals surface area contributed by atoms with Gasteiger partial charge >= 0.3 is 0 Å². The number of benzene rings is 1. The predicted molar refractivity (Wildman–Crippen MR) is 114 cm³/mol. The first kappa shape index (κ1) is 23.2. The molecule has 24 heavy (non-hydrogen) atoms. The van der Waals surface area contributed by atoms with E-state index in [2.05, 4.69) is 67.6 Å². The van der Waals surface area contributed by atoms with Gasteiger partial charge in [-0.05, 0) is 44.1 Å². The number of aryl methyl sites for hydroxylation is 1. The summed E-state index contributed by atoms with van der Waals surface area (Å²) in [5.41, 5.74) is 2.48. The molecule has 1 aromatic carbocycles. The lowest BCUT2D eigenvalue weighted by molar-refractivity contribution is 0.243. The van der Waals surface area contributed by atoms with Crippen molar-refractivity contribution >= 4 is 29.9 Å². The van der Waals surface area contributed by atoms with Gasteiger partial charge in [-0.15, -0.1) is 24.0 Å². The van der Waals surface area contributed by atoms with Gasteiger partial charge < -0.3 is 15.7 Å². The largest absolute Gasteiger partial charge is 0.396 e. The summed E-state index contributed by atoms with van der Waals surface area (Å²) in [6.07, 6.45) is 1.95. The molecule has 0 fully saturated rings. The van der Waals surface area contributed by atoms with E-state index in [0.29, 0.717) is 18.4 Å². The van der Waals surface area contributed by atoms with Crippen LogP contribution in [0.25, 0.3) is 0 Å². The molecule has 0 amide bonds. The van der Waals surface area contributed by atoms with E-state index >= 15 is 0 Å². The number of aliphatic hydroxyl groups excluding tert-OH is 1. The summed E-state index contributed by atoms with van der Waals surface area (Å²) in [6, 6.07) is 8.44. The van der Waals surface area contributed by atoms with Crippen LogP contribution in [-0.4, -0.2) is 30.8 Å². The van der Waals surface area contributed by atoms with Crippen molar-refractivity contribution in [2.24, 2.45) is 16.8 Å². The Morgan fingerprint density at radius 2 is 2.00 bits per heavy atom. The SMILES string of the molecule is CCNC(=NCc1cccc(C)c1)NCC(CCO)CC(C)C.I. The monoisotopic (exact) mass is 447 g/mol. The number of nitrogens with one attached hydrogen (secondary N) is 2. The second kappa shape index (κ2) is 13.5. The summed E-state index contributed by atoms with van der Waals surface area (Å²) in [5, 5.41) is 15.9. The van der Waals surface area contributed by atoms with Crippen LogP contribution < -0.4 is 10.6 Å². The lowest BCUT2D eigenvalue weighted by Crippen LogP contribution is -2.40. The Hall–Kier alpha value is -0.820. The zero-order chi connectivity index (χ0) is 17.1. The van der Waals surface area contributed by atoms with Crippen LogP contribution >= 0.6 is 24.0 Å². The van der Waals surface area contributed by atoms with Gasteiger partial charge in [-0.1, -0.05) is 43.7 Å². The summed E-state index contributed by atoms with van der Waals surface area (Å²) in [5.74, 6) is 1.96. The minimum Gasteiger partial charge on any atom is -0.396 e. The Morgan fingerprint density at radius 3 is 2.58 bits per heavy atom. The highest BCUT2D eigenvalue weighted by Crippen LogP contribution is 2.14. The van der Waals surface area contributed by atoms with Crippen LogP contribution in [0.2, 0.25) is 0 Å². The van der Waals surface area contributed by atoms with Gasteiger partial charge in [-0.25, -0.2) is 4.99 Å². The van der Waals surface area contributed by atoms with E-state index in [9.17, 15) is 5.11 Å². The Bertz CT molecular complexity index is 477. The molecule has 0 aliphatic heterocycles. The molecule has 5 heteroatoms. The molecule has 0 bridgehead atoms. The quantitative estimate of drug-likeness (QED) is 0.307. The van der Waals surface area contributed by atoms with Crippen LogP contribution in [0.1, 0.15) is 44.7 Å². The molecule has 1 unspecified atom stereocenters. The smallest absolute Gasteiger partial charge is 0.191 e. The van der Waals surface area contributed by atoms with Crippen molar-refractivity contribution in [3.63, 3.8) is 0 Å². The van der Waals surface area contributed by atoms with Gasteiger partial charge in [0.15, 0.2) is 5.96 Å². The van der Waals surface area contributed by atoms with E-state index in [1.165, 1.54) is 11.1 Å². The van der Waals surface area contributed by atoms with Gasteiger partial charge in [0, 0.05) is 19.7 Å². The Morgan fingerprint density at radius 1 is 1.25 bits per heavy atom. The molecule has 0 aliphatic carbocycles. The van der Waals surface area contributed by atoms with Gasteiger partial charge in [-0.3, -0.25) is 0 Å². The first-order chi connectivity index (χ1) is 11.0. The number of aliphatic imine (C=N–C) groups is 1. The Kier molecular flexibility index (Phi) is 13.0. The molecule has 0 saturated heterocycles. The van der Waals surface area contributed by atoms with Gasteiger partial charge in [0.05, 0.1) is 6.54 Å². The zero-order valence-corrected chi connectivity index (χ0v) is 17.8. The van der Waals surface area contributed by atoms with E-state index in [0.717, 1.165) is 31.9 Å². The van der Waals surface area contributed by atoms with E-state index in [-0.39, 0.29) is 30.6 Å². The molecule has 1 aromatic rings. The normalized spacial score (nSPS) is 12.7. The van der Waals surface area contributed by atoms with E-state index in [1.54, 1.807) is 0 Å². The topological polar surface area (TPSA) is 56.7 Å². The standard InChI is InChI=1S/C19H33N3O.HI/c1-5-20-19(21-13-17-8-6-7-16(4)12-17)22-14-18(9-10-23)11-15(2)3;/h6-8,12,15,18,23H,5,9-11,13-14H2,1-4H3,(H2,20,21,22);1H. The minimum atomic E-state index is 0. The summed E-state index contributed by atoms with van der Waals surface area (Å²) < 4.78 is 0. The molecule has 0 spiro atoms. The summed E-state index contributed by atoms with van der Waals surface area (Å²) in [7, 11) is 0. The molecule has 0 aromatic heterocycles. The second-order valence-corrected chi connectivity index (χ2v) is 6.57. The van der Waals surface area contributed by atoms with Crippen LogP contribution in [0.5, 0.6) is 0 Å². The number of rotatable bonds is 9. The number of hydrogen-bond donors (Lipinski definition) is 3. The third-order valence-electron chi connectivity index (χ3n) is 3.75. The summed E-state index contributed by atoms with van der Waals surface area (Å²) in [4.78, 5) is 4.67. The van der Waals surface area contributed by atoms with E-state index < -0.39 is 0 Å². The lowest BCUT2D eigenvalue weighted by Gasteiger charge is -2.20. The van der Waals surface area contributed by atoms with Crippen molar-refractivity contribution in [1.29, 1.82) is 0 Å². The fourth-order valence-electron chi connectivity index (χ4n) is 2.72. The fourth-order valence-corrected chi connectivity index (χ4v) is 2.72. The van der Waals surface area contributed by atoms with Gasteiger partial charge in [0.2, 0.25) is 0 Å². The average Bonchev–Trinajstić information content (AvgIpc) is 2.49. The molecule has 4 nitrogen and oxygen atoms in total. The number of nitrogens with zero attached hydrogens (tertiary/aromatic N) is 1. The maximum atomic E-state index is 9.22. The van der Waals surface area contributed by atoms with Crippen molar-refractivity contribution in [1.82, 2.24) is 10.6 Å². The van der Waals surface area contributed by atoms with Crippen LogP contribution in [0.3, 0.4) is 0 Å². The number of halogens is 1. The van der Waals surface area contributed by atoms with Crippen LogP contribution in [0.4, 0.5) is 0 Å². The molecule has 0 radical (unpaired) electrons. The fraction of sp³-hybridized carbons (Fsp3) is 0.632. The predicted octanol–water partition coefficient (Wildman–Crippen LogP) is 3.71. The Labute approximate surface area is 164 Å². The van der Waals surface area contributed by atoms with Crippen molar-refractivity contribution in [2.75, 3.05) is 19.7 Å². The van der Waals surface area contributed by atoms with Crippen molar-refractivity contribution < 1.29 is 5.11 Å². The Balaban J connectivity index is 0.00000529. The summed E-state index contributed by atoms with van der Waals surface area (Å²) >= 11 is 0. The third kappa shape index (κ3) is 10.1. The van der Waals surface area contributed by atoms with Gasteiger partial charge in [0.1, 0.15) is 0 Å². The molecule has 0 heterocycles. The molecule has 1 atom stereocenters. The molecular formula is C19H34IN3O. The first-order valence-electron chi connectivity index (χ1n) is 8.73. The molecule has 0 saturated carbocycles. The zero-order valence-electron chi connectivity index (χ0n) is 15.5. The highest BCUT2D eigenvalue weighted by atomic mass is 127. The minimum absolute atomic E-state index is 0. The maximum absolute atomic E-state index is 9.22. The first-order valence-corrected chi connectivity index (χ1v) is 8.73. The molecule has 0 aliphatic rings. The van der Waals surface area contributed by atoms with E-state index in [1.807, 2.05) is 0 Å². The average molecular weight is 447 g/mol. The van der Waals surface area contributed by atoms with Crippen LogP contribution in [0.15, 0.2) is 29.3 Å². The second-order valence-electron chi connectivity index (χ2n) is 6.57. The highest BCUT2D eigenvalue weighted by Gasteiger charge is 2.11. The third-order valence-corrected chi connectivity index (χ3v) is 3.75. The molecule has 1 rings (SSSR count). The van der Waals surface area contributed by atoms with Crippen molar-refractivity contribution in [2.45, 2.75) is 47.1 Å². The van der Waals surface area contributed by atoms with E-state index in [4.69, 9.17) is 0 Å².